The second kappa shape index (κ2) is 9.40. The first-order valence-electron chi connectivity index (χ1n) is 12.0. The normalized spacial score (nSPS) is 18.4. The van der Waals surface area contributed by atoms with Gasteiger partial charge in [0.15, 0.2) is 22.1 Å². The van der Waals surface area contributed by atoms with Crippen LogP contribution < -0.4 is 15.4 Å². The predicted octanol–water partition coefficient (Wildman–Crippen LogP) is 3.37. The molecule has 1 spiro atoms. The number of benzene rings is 2. The summed E-state index contributed by atoms with van der Waals surface area (Å²) in [7, 11) is -3.63. The molecule has 1 atom stereocenters. The molecule has 1 aromatic heterocycles. The van der Waals surface area contributed by atoms with E-state index >= 15 is 0 Å². The number of nitrogens with zero attached hydrogens (tertiary/aromatic N) is 2. The number of fused-ring (bicyclic) bond motifs is 3. The van der Waals surface area contributed by atoms with Crippen molar-refractivity contribution in [3.63, 3.8) is 0 Å². The monoisotopic (exact) mass is 562 g/mol. The molecule has 2 aromatic carbocycles. The number of anilines is 1. The van der Waals surface area contributed by atoms with Crippen molar-refractivity contribution in [3.05, 3.63) is 64.8 Å². The van der Waals surface area contributed by atoms with E-state index in [0.29, 0.717) is 24.1 Å². The number of carbonyl (C=O) groups excluding carboxylic acids is 2. The Bertz CT molecular complexity index is 1600. The minimum absolute atomic E-state index is 0.0811. The maximum atomic E-state index is 13.5. The SMILES string of the molecule is Cc1cccc(-c2nn3c(c2NC(=O)CS(C)(=O)=O)C(=O)N[C@@]2(CCc4cc(OCC(F)(F)F)ccc42)C3)c1. The number of nitrogens with one attached hydrogen (secondary N) is 2. The number of halogens is 3. The highest BCUT2D eigenvalue weighted by Crippen LogP contribution is 2.44. The minimum Gasteiger partial charge on any atom is -0.484 e. The minimum atomic E-state index is -4.46. The highest BCUT2D eigenvalue weighted by molar-refractivity contribution is 7.91. The van der Waals surface area contributed by atoms with Crippen LogP contribution in [0, 0.1) is 6.92 Å². The molecule has 3 aromatic rings. The van der Waals surface area contributed by atoms with Crippen molar-refractivity contribution in [2.45, 2.75) is 38.0 Å². The van der Waals surface area contributed by atoms with Gasteiger partial charge in [-0.3, -0.25) is 14.3 Å². The van der Waals surface area contributed by atoms with Crippen molar-refractivity contribution >= 4 is 27.3 Å². The van der Waals surface area contributed by atoms with Crippen LogP contribution in [0.1, 0.15) is 33.6 Å². The largest absolute Gasteiger partial charge is 0.484 e. The van der Waals surface area contributed by atoms with Gasteiger partial charge in [-0.05, 0) is 49.1 Å². The van der Waals surface area contributed by atoms with Gasteiger partial charge in [0.25, 0.3) is 5.91 Å². The van der Waals surface area contributed by atoms with E-state index in [1.165, 1.54) is 10.7 Å². The van der Waals surface area contributed by atoms with E-state index in [1.54, 1.807) is 24.3 Å². The molecule has 39 heavy (non-hydrogen) atoms. The highest BCUT2D eigenvalue weighted by Gasteiger charge is 2.46. The molecule has 0 unspecified atom stereocenters. The van der Waals surface area contributed by atoms with Crippen LogP contribution >= 0.6 is 0 Å². The third-order valence-corrected chi connectivity index (χ3v) is 7.49. The Hall–Kier alpha value is -3.87. The zero-order valence-corrected chi connectivity index (χ0v) is 21.9. The summed E-state index contributed by atoms with van der Waals surface area (Å²) in [6, 6.07) is 11.9. The number of hydrogen-bond donors (Lipinski definition) is 2. The average molecular weight is 563 g/mol. The third-order valence-electron chi connectivity index (χ3n) is 6.71. The van der Waals surface area contributed by atoms with Crippen LogP contribution in [0.4, 0.5) is 18.9 Å². The second-order valence-electron chi connectivity index (χ2n) is 9.98. The van der Waals surface area contributed by atoms with Gasteiger partial charge >= 0.3 is 6.18 Å². The van der Waals surface area contributed by atoms with Crippen molar-refractivity contribution in [1.82, 2.24) is 15.1 Å². The number of amides is 2. The number of rotatable bonds is 6. The first-order valence-corrected chi connectivity index (χ1v) is 14.1. The number of sulfone groups is 1. The summed E-state index contributed by atoms with van der Waals surface area (Å²) >= 11 is 0. The van der Waals surface area contributed by atoms with Crippen LogP contribution in [-0.4, -0.2) is 54.8 Å². The fourth-order valence-corrected chi connectivity index (χ4v) is 5.73. The zero-order valence-electron chi connectivity index (χ0n) is 21.1. The van der Waals surface area contributed by atoms with E-state index in [2.05, 4.69) is 15.7 Å². The Morgan fingerprint density at radius 3 is 2.69 bits per heavy atom. The van der Waals surface area contributed by atoms with E-state index in [-0.39, 0.29) is 23.7 Å². The molecule has 0 saturated heterocycles. The van der Waals surface area contributed by atoms with Crippen LogP contribution in [-0.2, 0) is 33.1 Å². The number of aryl methyl sites for hydroxylation is 2. The average Bonchev–Trinajstić information content (AvgIpc) is 3.34. The van der Waals surface area contributed by atoms with E-state index in [1.807, 2.05) is 19.1 Å². The highest BCUT2D eigenvalue weighted by atomic mass is 32.2. The van der Waals surface area contributed by atoms with Gasteiger partial charge in [0.1, 0.15) is 22.9 Å². The van der Waals surface area contributed by atoms with Gasteiger partial charge in [0, 0.05) is 11.8 Å². The Kier molecular flexibility index (Phi) is 6.44. The summed E-state index contributed by atoms with van der Waals surface area (Å²) in [6.45, 7) is 0.676. The fraction of sp³-hybridized carbons (Fsp3) is 0.346. The molecular formula is C26H25F3N4O5S. The first kappa shape index (κ1) is 26.7. The molecule has 0 bridgehead atoms. The van der Waals surface area contributed by atoms with Crippen LogP contribution in [0.25, 0.3) is 11.3 Å². The van der Waals surface area contributed by atoms with Gasteiger partial charge in [-0.2, -0.15) is 18.3 Å². The van der Waals surface area contributed by atoms with Gasteiger partial charge in [-0.25, -0.2) is 8.42 Å². The molecule has 2 amide bonds. The molecule has 5 rings (SSSR count). The van der Waals surface area contributed by atoms with Crippen molar-refractivity contribution < 1.29 is 35.9 Å². The lowest BCUT2D eigenvalue weighted by Gasteiger charge is -2.36. The van der Waals surface area contributed by atoms with Gasteiger partial charge in [-0.15, -0.1) is 0 Å². The molecule has 9 nitrogen and oxygen atoms in total. The van der Waals surface area contributed by atoms with E-state index in [0.717, 1.165) is 22.9 Å². The number of ether oxygens (including phenoxy) is 1. The molecule has 206 valence electrons. The summed E-state index contributed by atoms with van der Waals surface area (Å²) in [4.78, 5) is 26.1. The van der Waals surface area contributed by atoms with Crippen LogP contribution in [0.5, 0.6) is 5.75 Å². The standard InChI is InChI=1S/C26H25F3N4O5S/c1-15-4-3-5-17(10-15)21-22(30-20(34)12-39(2,36)37)23-24(35)31-25(13-33(23)32-21)9-8-16-11-18(6-7-19(16)25)38-14-26(27,28)29/h3-7,10-11H,8-9,12-14H2,1-2H3,(H,30,34)(H,31,35)/t25-/m0/s1. The molecule has 2 N–H and O–H groups in total. The molecule has 0 saturated carbocycles. The van der Waals surface area contributed by atoms with Crippen LogP contribution in [0.15, 0.2) is 42.5 Å². The summed E-state index contributed by atoms with van der Waals surface area (Å²) in [5.41, 5.74) is 2.69. The second-order valence-corrected chi connectivity index (χ2v) is 12.1. The Morgan fingerprint density at radius 1 is 1.23 bits per heavy atom. The summed E-state index contributed by atoms with van der Waals surface area (Å²) in [5, 5.41) is 10.3. The van der Waals surface area contributed by atoms with Crippen LogP contribution in [0.3, 0.4) is 0 Å². The molecule has 2 heterocycles. The van der Waals surface area contributed by atoms with E-state index in [4.69, 9.17) is 4.74 Å². The lowest BCUT2D eigenvalue weighted by Crippen LogP contribution is -2.52. The smallest absolute Gasteiger partial charge is 0.422 e. The summed E-state index contributed by atoms with van der Waals surface area (Å²) in [5.74, 6) is -1.99. The predicted molar refractivity (Wildman–Crippen MR) is 136 cm³/mol. The molecular weight excluding hydrogens is 537 g/mol. The maximum absolute atomic E-state index is 13.5. The topological polar surface area (TPSA) is 119 Å². The van der Waals surface area contributed by atoms with Crippen molar-refractivity contribution in [2.75, 3.05) is 23.9 Å². The number of carbonyl (C=O) groups is 2. The van der Waals surface area contributed by atoms with Crippen molar-refractivity contribution in [1.29, 1.82) is 0 Å². The number of hydrogen-bond acceptors (Lipinski definition) is 6. The number of aromatic nitrogens is 2. The Morgan fingerprint density at radius 2 is 2.00 bits per heavy atom. The maximum Gasteiger partial charge on any atom is 0.422 e. The Balaban J connectivity index is 1.53. The van der Waals surface area contributed by atoms with Crippen molar-refractivity contribution in [2.24, 2.45) is 0 Å². The van der Waals surface area contributed by atoms with Gasteiger partial charge in [0.05, 0.1) is 12.1 Å². The van der Waals surface area contributed by atoms with Gasteiger partial charge in [0.2, 0.25) is 5.91 Å². The van der Waals surface area contributed by atoms with Crippen molar-refractivity contribution in [3.8, 4) is 17.0 Å². The van der Waals surface area contributed by atoms with E-state index in [9.17, 15) is 31.2 Å². The van der Waals surface area contributed by atoms with Gasteiger partial charge < -0.3 is 15.4 Å². The molecule has 1 aliphatic carbocycles. The Labute approximate surface area is 222 Å². The lowest BCUT2D eigenvalue weighted by molar-refractivity contribution is -0.153. The molecule has 0 fully saturated rings. The van der Waals surface area contributed by atoms with Crippen LogP contribution in [0.2, 0.25) is 0 Å². The lowest BCUT2D eigenvalue weighted by atomic mass is 9.89. The van der Waals surface area contributed by atoms with Gasteiger partial charge in [-0.1, -0.05) is 29.8 Å². The van der Waals surface area contributed by atoms with E-state index < -0.39 is 45.7 Å². The summed E-state index contributed by atoms with van der Waals surface area (Å²) in [6.07, 6.45) is -2.55. The third kappa shape index (κ3) is 5.49. The molecule has 2 aliphatic rings. The molecule has 0 radical (unpaired) electrons. The first-order chi connectivity index (χ1) is 18.2. The summed E-state index contributed by atoms with van der Waals surface area (Å²) < 4.78 is 67.5. The quantitative estimate of drug-likeness (QED) is 0.476. The molecule has 1 aliphatic heterocycles. The number of alkyl halides is 3. The fourth-order valence-electron chi connectivity index (χ4n) is 5.18. The zero-order chi connectivity index (χ0) is 28.2. The molecule has 13 heteroatoms.